The van der Waals surface area contributed by atoms with Crippen LogP contribution in [0.4, 0.5) is 0 Å². The van der Waals surface area contributed by atoms with Gasteiger partial charge >= 0.3 is 0 Å². The first kappa shape index (κ1) is 8.42. The Bertz CT molecular complexity index is 173. The lowest BCUT2D eigenvalue weighted by atomic mass is 10.0. The molecule has 1 unspecified atom stereocenters. The Labute approximate surface area is 77.5 Å². The highest BCUT2D eigenvalue weighted by molar-refractivity contribution is 7.99. The van der Waals surface area contributed by atoms with E-state index in [0.29, 0.717) is 17.9 Å². The van der Waals surface area contributed by atoms with Gasteiger partial charge in [0.25, 0.3) is 0 Å². The van der Waals surface area contributed by atoms with Gasteiger partial charge in [-0.15, -0.1) is 0 Å². The number of amides is 1. The van der Waals surface area contributed by atoms with Crippen LogP contribution in [0.3, 0.4) is 0 Å². The lowest BCUT2D eigenvalue weighted by Crippen LogP contribution is -2.34. The van der Waals surface area contributed by atoms with Gasteiger partial charge in [-0.1, -0.05) is 0 Å². The first-order valence-electron chi connectivity index (χ1n) is 4.74. The Hall–Kier alpha value is -0.180. The maximum absolute atomic E-state index is 11.5. The minimum atomic E-state index is 0.310. The molecule has 0 radical (unpaired) electrons. The van der Waals surface area contributed by atoms with Crippen LogP contribution in [-0.2, 0) is 4.79 Å². The summed E-state index contributed by atoms with van der Waals surface area (Å²) in [5.74, 6) is 2.90. The van der Waals surface area contributed by atoms with Gasteiger partial charge in [0.2, 0.25) is 5.91 Å². The van der Waals surface area contributed by atoms with Crippen molar-refractivity contribution in [3.8, 4) is 0 Å². The Morgan fingerprint density at radius 3 is 2.75 bits per heavy atom. The van der Waals surface area contributed by atoms with Gasteiger partial charge in [-0.2, -0.15) is 11.8 Å². The Morgan fingerprint density at radius 2 is 2.17 bits per heavy atom. The smallest absolute Gasteiger partial charge is 0.224 e. The van der Waals surface area contributed by atoms with Crippen molar-refractivity contribution < 1.29 is 4.79 Å². The van der Waals surface area contributed by atoms with Crippen LogP contribution in [0.15, 0.2) is 0 Å². The zero-order valence-electron chi connectivity index (χ0n) is 7.21. The molecule has 0 aromatic rings. The molecule has 3 heteroatoms. The fourth-order valence-corrected chi connectivity index (χ4v) is 2.63. The topological polar surface area (TPSA) is 29.1 Å². The van der Waals surface area contributed by atoms with E-state index < -0.39 is 0 Å². The molecule has 1 aliphatic heterocycles. The summed E-state index contributed by atoms with van der Waals surface area (Å²) in [6, 6.07) is 0.532. The van der Waals surface area contributed by atoms with E-state index in [1.165, 1.54) is 25.0 Å². The molecule has 2 fully saturated rings. The van der Waals surface area contributed by atoms with E-state index in [1.54, 1.807) is 0 Å². The maximum Gasteiger partial charge on any atom is 0.224 e. The number of nitrogens with one attached hydrogen (secondary N) is 1. The molecular weight excluding hydrogens is 170 g/mol. The molecule has 68 valence electrons. The monoisotopic (exact) mass is 185 g/mol. The van der Waals surface area contributed by atoms with Crippen molar-refractivity contribution in [1.29, 1.82) is 0 Å². The summed E-state index contributed by atoms with van der Waals surface area (Å²) in [4.78, 5) is 11.5. The number of thioether (sulfide) groups is 1. The van der Waals surface area contributed by atoms with Crippen molar-refractivity contribution in [1.82, 2.24) is 5.32 Å². The number of hydrogen-bond acceptors (Lipinski definition) is 2. The third-order valence-corrected chi connectivity index (χ3v) is 3.67. The second kappa shape index (κ2) is 3.69. The van der Waals surface area contributed by atoms with E-state index in [1.807, 2.05) is 11.8 Å². The molecular formula is C9H15NOS. The van der Waals surface area contributed by atoms with Crippen molar-refractivity contribution in [3.63, 3.8) is 0 Å². The highest BCUT2D eigenvalue weighted by Gasteiger charge is 2.28. The van der Waals surface area contributed by atoms with Crippen LogP contribution < -0.4 is 5.32 Å². The molecule has 1 atom stereocenters. The summed E-state index contributed by atoms with van der Waals surface area (Å²) < 4.78 is 0. The van der Waals surface area contributed by atoms with E-state index in [4.69, 9.17) is 0 Å². The molecule has 1 N–H and O–H groups in total. The van der Waals surface area contributed by atoms with Gasteiger partial charge in [-0.05, 0) is 31.4 Å². The van der Waals surface area contributed by atoms with Gasteiger partial charge in [0.1, 0.15) is 0 Å². The number of hydrogen-bond donors (Lipinski definition) is 1. The van der Waals surface area contributed by atoms with E-state index in [0.717, 1.165) is 12.2 Å². The zero-order chi connectivity index (χ0) is 8.39. The summed E-state index contributed by atoms with van der Waals surface area (Å²) in [6.45, 7) is 0. The van der Waals surface area contributed by atoms with Crippen LogP contribution in [0.25, 0.3) is 0 Å². The van der Waals surface area contributed by atoms with E-state index in [2.05, 4.69) is 5.32 Å². The third-order valence-electron chi connectivity index (χ3n) is 2.45. The summed E-state index contributed by atoms with van der Waals surface area (Å²) in [5.41, 5.74) is 0. The highest BCUT2D eigenvalue weighted by atomic mass is 32.2. The molecule has 0 bridgehead atoms. The average molecular weight is 185 g/mol. The Morgan fingerprint density at radius 1 is 1.33 bits per heavy atom. The lowest BCUT2D eigenvalue weighted by molar-refractivity contribution is -0.124. The van der Waals surface area contributed by atoms with E-state index in [-0.39, 0.29) is 0 Å². The van der Waals surface area contributed by atoms with Gasteiger partial charge in [0.05, 0.1) is 0 Å². The third kappa shape index (κ3) is 2.16. The first-order valence-corrected chi connectivity index (χ1v) is 5.90. The molecule has 1 aliphatic carbocycles. The fraction of sp³-hybridized carbons (Fsp3) is 0.889. The van der Waals surface area contributed by atoms with Crippen LogP contribution in [0.1, 0.15) is 25.7 Å². The SMILES string of the molecule is O=C(NC1CC1)C1CCCSC1. The molecule has 1 amide bonds. The average Bonchev–Trinajstić information content (AvgIpc) is 2.90. The van der Waals surface area contributed by atoms with Gasteiger partial charge in [0.15, 0.2) is 0 Å². The van der Waals surface area contributed by atoms with Crippen LogP contribution in [0.2, 0.25) is 0 Å². The second-order valence-corrected chi connectivity index (χ2v) is 4.85. The quantitative estimate of drug-likeness (QED) is 0.704. The minimum Gasteiger partial charge on any atom is -0.353 e. The molecule has 2 rings (SSSR count). The van der Waals surface area contributed by atoms with Crippen molar-refractivity contribution in [2.75, 3.05) is 11.5 Å². The molecule has 0 spiro atoms. The summed E-state index contributed by atoms with van der Waals surface area (Å²) in [6.07, 6.45) is 4.72. The zero-order valence-corrected chi connectivity index (χ0v) is 8.03. The fourth-order valence-electron chi connectivity index (χ4n) is 1.49. The number of rotatable bonds is 2. The summed E-state index contributed by atoms with van der Waals surface area (Å²) in [7, 11) is 0. The molecule has 2 nitrogen and oxygen atoms in total. The lowest BCUT2D eigenvalue weighted by Gasteiger charge is -2.20. The molecule has 1 heterocycles. The number of carbonyl (C=O) groups excluding carboxylic acids is 1. The molecule has 0 aromatic carbocycles. The molecule has 1 saturated carbocycles. The van der Waals surface area contributed by atoms with Crippen molar-refractivity contribution >= 4 is 17.7 Å². The van der Waals surface area contributed by atoms with Gasteiger partial charge < -0.3 is 5.32 Å². The molecule has 2 aliphatic rings. The predicted molar refractivity (Wildman–Crippen MR) is 51.2 cm³/mol. The Balaban J connectivity index is 1.76. The van der Waals surface area contributed by atoms with Gasteiger partial charge in [-0.3, -0.25) is 4.79 Å². The second-order valence-electron chi connectivity index (χ2n) is 3.70. The standard InChI is InChI=1S/C9H15NOS/c11-9(10-8-3-4-8)7-2-1-5-12-6-7/h7-8H,1-6H2,(H,10,11). The normalized spacial score (nSPS) is 29.8. The van der Waals surface area contributed by atoms with Crippen molar-refractivity contribution in [2.24, 2.45) is 5.92 Å². The summed E-state index contributed by atoms with van der Waals surface area (Å²) in [5, 5.41) is 3.07. The van der Waals surface area contributed by atoms with Gasteiger partial charge in [-0.25, -0.2) is 0 Å². The van der Waals surface area contributed by atoms with E-state index in [9.17, 15) is 4.79 Å². The number of carbonyl (C=O) groups is 1. The van der Waals surface area contributed by atoms with E-state index >= 15 is 0 Å². The van der Waals surface area contributed by atoms with Crippen LogP contribution in [0, 0.1) is 5.92 Å². The van der Waals surface area contributed by atoms with Crippen LogP contribution in [0.5, 0.6) is 0 Å². The predicted octanol–water partition coefficient (Wildman–Crippen LogP) is 1.41. The first-order chi connectivity index (χ1) is 5.86. The minimum absolute atomic E-state index is 0.310. The van der Waals surface area contributed by atoms with Crippen molar-refractivity contribution in [3.05, 3.63) is 0 Å². The molecule has 1 saturated heterocycles. The van der Waals surface area contributed by atoms with Crippen LogP contribution >= 0.6 is 11.8 Å². The highest BCUT2D eigenvalue weighted by Crippen LogP contribution is 2.25. The molecule has 12 heavy (non-hydrogen) atoms. The maximum atomic E-state index is 11.5. The molecule has 0 aromatic heterocycles. The van der Waals surface area contributed by atoms with Crippen LogP contribution in [-0.4, -0.2) is 23.5 Å². The van der Waals surface area contributed by atoms with Crippen molar-refractivity contribution in [2.45, 2.75) is 31.7 Å². The summed E-state index contributed by atoms with van der Waals surface area (Å²) >= 11 is 1.92. The van der Waals surface area contributed by atoms with Gasteiger partial charge in [0, 0.05) is 17.7 Å². The largest absolute Gasteiger partial charge is 0.353 e. The Kier molecular flexibility index (Phi) is 2.59.